The molecule has 0 aromatic heterocycles. The first-order valence-corrected chi connectivity index (χ1v) is 6.89. The van der Waals surface area contributed by atoms with Crippen LogP contribution in [0.4, 0.5) is 0 Å². The summed E-state index contributed by atoms with van der Waals surface area (Å²) in [7, 11) is 1.68. The third-order valence-electron chi connectivity index (χ3n) is 4.18. The van der Waals surface area contributed by atoms with E-state index in [1.165, 1.54) is 12.8 Å². The molecule has 0 heterocycles. The van der Waals surface area contributed by atoms with Crippen molar-refractivity contribution in [3.8, 4) is 0 Å². The van der Waals surface area contributed by atoms with E-state index in [1.807, 2.05) is 6.92 Å². The van der Waals surface area contributed by atoms with Gasteiger partial charge in [-0.2, -0.15) is 0 Å². The molecule has 1 rings (SSSR count). The van der Waals surface area contributed by atoms with Crippen molar-refractivity contribution in [2.45, 2.75) is 51.9 Å². The molecule has 1 unspecified atom stereocenters. The van der Waals surface area contributed by atoms with Gasteiger partial charge in [0.15, 0.2) is 0 Å². The lowest BCUT2D eigenvalue weighted by molar-refractivity contribution is -0.133. The number of carbonyl (C=O) groups excluding carboxylic acids is 1. The summed E-state index contributed by atoms with van der Waals surface area (Å²) in [5.74, 6) is 0.454. The molecule has 100 valence electrons. The van der Waals surface area contributed by atoms with Crippen molar-refractivity contribution < 1.29 is 9.53 Å². The van der Waals surface area contributed by atoms with Gasteiger partial charge in [-0.3, -0.25) is 4.79 Å². The van der Waals surface area contributed by atoms with E-state index in [9.17, 15) is 4.79 Å². The number of carbonyl (C=O) groups is 1. The van der Waals surface area contributed by atoms with Gasteiger partial charge >= 0.3 is 0 Å². The number of nitrogens with two attached hydrogens (primary N) is 1. The largest absolute Gasteiger partial charge is 0.385 e. The highest BCUT2D eigenvalue weighted by Crippen LogP contribution is 2.37. The van der Waals surface area contributed by atoms with Crippen molar-refractivity contribution in [2.75, 3.05) is 20.3 Å². The Kier molecular flexibility index (Phi) is 6.14. The van der Waals surface area contributed by atoms with Crippen LogP contribution in [0.2, 0.25) is 0 Å². The van der Waals surface area contributed by atoms with Crippen molar-refractivity contribution in [3.63, 3.8) is 0 Å². The van der Waals surface area contributed by atoms with Gasteiger partial charge in [-0.25, -0.2) is 0 Å². The Bertz CT molecular complexity index is 232. The molecular formula is C14H27NO2. The molecule has 0 aromatic carbocycles. The van der Waals surface area contributed by atoms with Gasteiger partial charge in [0.25, 0.3) is 0 Å². The fourth-order valence-corrected chi connectivity index (χ4v) is 2.90. The van der Waals surface area contributed by atoms with Crippen LogP contribution in [0.5, 0.6) is 0 Å². The van der Waals surface area contributed by atoms with Gasteiger partial charge in [-0.05, 0) is 19.3 Å². The van der Waals surface area contributed by atoms with Gasteiger partial charge in [0.1, 0.15) is 5.78 Å². The third kappa shape index (κ3) is 3.78. The zero-order chi connectivity index (χ0) is 12.7. The molecule has 2 N–H and O–H groups in total. The molecule has 1 saturated carbocycles. The first-order chi connectivity index (χ1) is 8.16. The van der Waals surface area contributed by atoms with Gasteiger partial charge in [-0.15, -0.1) is 0 Å². The summed E-state index contributed by atoms with van der Waals surface area (Å²) < 4.78 is 5.06. The second kappa shape index (κ2) is 7.12. The number of methoxy groups -OCH3 is 1. The third-order valence-corrected chi connectivity index (χ3v) is 4.18. The van der Waals surface area contributed by atoms with E-state index >= 15 is 0 Å². The predicted octanol–water partition coefficient (Wildman–Crippen LogP) is 2.53. The monoisotopic (exact) mass is 241 g/mol. The average molecular weight is 241 g/mol. The van der Waals surface area contributed by atoms with Crippen LogP contribution in [-0.4, -0.2) is 26.0 Å². The molecule has 1 aliphatic carbocycles. The van der Waals surface area contributed by atoms with Crippen molar-refractivity contribution in [3.05, 3.63) is 0 Å². The summed E-state index contributed by atoms with van der Waals surface area (Å²) in [5.41, 5.74) is 5.69. The number of rotatable bonds is 6. The van der Waals surface area contributed by atoms with Crippen LogP contribution in [0.15, 0.2) is 0 Å². The molecule has 0 aliphatic heterocycles. The van der Waals surface area contributed by atoms with Gasteiger partial charge < -0.3 is 10.5 Å². The van der Waals surface area contributed by atoms with E-state index in [-0.39, 0.29) is 11.3 Å². The number of Topliss-reactive ketones (excluding diaryl/α,β-unsaturated/α-hetero) is 1. The maximum Gasteiger partial charge on any atom is 0.143 e. The van der Waals surface area contributed by atoms with Crippen LogP contribution in [0, 0.1) is 11.3 Å². The Morgan fingerprint density at radius 2 is 1.88 bits per heavy atom. The average Bonchev–Trinajstić information content (AvgIpc) is 2.61. The highest BCUT2D eigenvalue weighted by molar-refractivity contribution is 5.87. The molecule has 3 nitrogen and oxygen atoms in total. The molecular weight excluding hydrogens is 214 g/mol. The van der Waals surface area contributed by atoms with E-state index in [0.717, 1.165) is 32.1 Å². The molecule has 3 heteroatoms. The van der Waals surface area contributed by atoms with Crippen LogP contribution >= 0.6 is 0 Å². The maximum atomic E-state index is 12.6. The Hall–Kier alpha value is -0.410. The topological polar surface area (TPSA) is 52.3 Å². The highest BCUT2D eigenvalue weighted by atomic mass is 16.5. The van der Waals surface area contributed by atoms with Crippen molar-refractivity contribution in [1.29, 1.82) is 0 Å². The minimum absolute atomic E-state index is 0.0802. The van der Waals surface area contributed by atoms with Crippen LogP contribution in [-0.2, 0) is 9.53 Å². The molecule has 1 fully saturated rings. The summed E-state index contributed by atoms with van der Waals surface area (Å²) in [6.07, 6.45) is 7.60. The van der Waals surface area contributed by atoms with Crippen LogP contribution in [0.25, 0.3) is 0 Å². The number of ether oxygens (including phenoxy) is 1. The predicted molar refractivity (Wildman–Crippen MR) is 69.9 cm³/mol. The summed E-state index contributed by atoms with van der Waals surface area (Å²) in [6.45, 7) is 3.19. The summed E-state index contributed by atoms with van der Waals surface area (Å²) in [6, 6.07) is 0. The lowest BCUT2D eigenvalue weighted by atomic mass is 9.72. The Balaban J connectivity index is 2.66. The van der Waals surface area contributed by atoms with Crippen LogP contribution in [0.3, 0.4) is 0 Å². The zero-order valence-electron chi connectivity index (χ0n) is 11.3. The number of hydrogen-bond acceptors (Lipinski definition) is 3. The van der Waals surface area contributed by atoms with E-state index < -0.39 is 0 Å². The second-order valence-corrected chi connectivity index (χ2v) is 5.45. The second-order valence-electron chi connectivity index (χ2n) is 5.45. The van der Waals surface area contributed by atoms with Crippen molar-refractivity contribution in [2.24, 2.45) is 17.1 Å². The Morgan fingerprint density at radius 1 is 1.29 bits per heavy atom. The van der Waals surface area contributed by atoms with E-state index in [0.29, 0.717) is 18.9 Å². The summed E-state index contributed by atoms with van der Waals surface area (Å²) in [5, 5.41) is 0. The SMILES string of the molecule is COCCC(C)C(=O)C1(CN)CCCCCC1. The zero-order valence-corrected chi connectivity index (χ0v) is 11.3. The molecule has 0 aromatic rings. The number of hydrogen-bond donors (Lipinski definition) is 1. The summed E-state index contributed by atoms with van der Waals surface area (Å²) >= 11 is 0. The first kappa shape index (κ1) is 14.7. The molecule has 0 amide bonds. The van der Waals surface area contributed by atoms with Crippen LogP contribution in [0.1, 0.15) is 51.9 Å². The molecule has 1 atom stereocenters. The lowest BCUT2D eigenvalue weighted by Crippen LogP contribution is -2.41. The fraction of sp³-hybridized carbons (Fsp3) is 0.929. The van der Waals surface area contributed by atoms with Gasteiger partial charge in [0.05, 0.1) is 0 Å². The maximum absolute atomic E-state index is 12.6. The molecule has 0 bridgehead atoms. The van der Waals surface area contributed by atoms with Gasteiger partial charge in [0.2, 0.25) is 0 Å². The van der Waals surface area contributed by atoms with Crippen molar-refractivity contribution >= 4 is 5.78 Å². The molecule has 0 saturated heterocycles. The first-order valence-electron chi connectivity index (χ1n) is 6.89. The van der Waals surface area contributed by atoms with Crippen LogP contribution < -0.4 is 5.73 Å². The molecule has 0 spiro atoms. The molecule has 1 aliphatic rings. The molecule has 0 radical (unpaired) electrons. The van der Waals surface area contributed by atoms with E-state index in [1.54, 1.807) is 7.11 Å². The minimum atomic E-state index is -0.232. The standard InChI is InChI=1S/C14H27NO2/c1-12(7-10-17-2)13(16)14(11-15)8-5-3-4-6-9-14/h12H,3-11,15H2,1-2H3. The number of ketones is 1. The highest BCUT2D eigenvalue weighted by Gasteiger charge is 2.38. The normalized spacial score (nSPS) is 21.8. The van der Waals surface area contributed by atoms with E-state index in [2.05, 4.69) is 0 Å². The van der Waals surface area contributed by atoms with E-state index in [4.69, 9.17) is 10.5 Å². The van der Waals surface area contributed by atoms with Gasteiger partial charge in [0, 0.05) is 31.6 Å². The van der Waals surface area contributed by atoms with Gasteiger partial charge in [-0.1, -0.05) is 32.6 Å². The Labute approximate surface area is 105 Å². The van der Waals surface area contributed by atoms with Crippen molar-refractivity contribution in [1.82, 2.24) is 0 Å². The quantitative estimate of drug-likeness (QED) is 0.727. The molecule has 17 heavy (non-hydrogen) atoms. The fourth-order valence-electron chi connectivity index (χ4n) is 2.90. The Morgan fingerprint density at radius 3 is 2.35 bits per heavy atom. The lowest BCUT2D eigenvalue weighted by Gasteiger charge is -2.32. The summed E-state index contributed by atoms with van der Waals surface area (Å²) in [4.78, 5) is 12.6. The minimum Gasteiger partial charge on any atom is -0.385 e. The smallest absolute Gasteiger partial charge is 0.143 e.